The molecule has 2 aliphatic rings. The Morgan fingerprint density at radius 2 is 1.85 bits per heavy atom. The summed E-state index contributed by atoms with van der Waals surface area (Å²) in [4.78, 5) is 12.8. The van der Waals surface area contributed by atoms with Crippen molar-refractivity contribution in [2.75, 3.05) is 13.4 Å². The van der Waals surface area contributed by atoms with Crippen LogP contribution in [-0.4, -0.2) is 19.2 Å². The number of carbonyl (C=O) groups excluding carboxylic acids is 1. The van der Waals surface area contributed by atoms with Crippen molar-refractivity contribution in [2.24, 2.45) is 0 Å². The number of allylic oxidation sites excluding steroid dienone is 1. The minimum atomic E-state index is -0.164. The first-order valence-corrected chi connectivity index (χ1v) is 10.9. The van der Waals surface area contributed by atoms with Gasteiger partial charge in [-0.3, -0.25) is 4.79 Å². The summed E-state index contributed by atoms with van der Waals surface area (Å²) in [5, 5.41) is 0.591. The number of fused-ring (bicyclic) bond motifs is 2. The van der Waals surface area contributed by atoms with Crippen molar-refractivity contribution in [1.29, 1.82) is 0 Å². The van der Waals surface area contributed by atoms with Gasteiger partial charge < -0.3 is 23.7 Å². The van der Waals surface area contributed by atoms with E-state index >= 15 is 0 Å². The topological polar surface area (TPSA) is 63.2 Å². The van der Waals surface area contributed by atoms with Gasteiger partial charge >= 0.3 is 0 Å². The highest BCUT2D eigenvalue weighted by atomic mass is 35.5. The Labute approximate surface area is 196 Å². The number of benzene rings is 3. The van der Waals surface area contributed by atoms with Crippen LogP contribution in [0, 0.1) is 0 Å². The predicted octanol–water partition coefficient (Wildman–Crippen LogP) is 5.80. The van der Waals surface area contributed by atoms with Crippen LogP contribution in [0.4, 0.5) is 0 Å². The van der Waals surface area contributed by atoms with Gasteiger partial charge in [0, 0.05) is 22.2 Å². The van der Waals surface area contributed by atoms with Crippen molar-refractivity contribution >= 4 is 23.5 Å². The molecule has 7 heteroatoms. The molecule has 0 aliphatic carbocycles. The lowest BCUT2D eigenvalue weighted by Crippen LogP contribution is -2.14. The summed E-state index contributed by atoms with van der Waals surface area (Å²) in [7, 11) is 0. The molecule has 0 fully saturated rings. The molecule has 0 atom stereocenters. The molecule has 0 saturated carbocycles. The van der Waals surface area contributed by atoms with E-state index in [4.69, 9.17) is 35.3 Å². The van der Waals surface area contributed by atoms with Gasteiger partial charge in [-0.25, -0.2) is 0 Å². The molecule has 6 nitrogen and oxygen atoms in total. The zero-order valence-electron chi connectivity index (χ0n) is 17.9. The summed E-state index contributed by atoms with van der Waals surface area (Å²) >= 11 is 6.23. The fourth-order valence-corrected chi connectivity index (χ4v) is 4.02. The summed E-state index contributed by atoms with van der Waals surface area (Å²) < 4.78 is 28.2. The Morgan fingerprint density at radius 1 is 1.03 bits per heavy atom. The van der Waals surface area contributed by atoms with E-state index in [2.05, 4.69) is 0 Å². The van der Waals surface area contributed by atoms with Crippen LogP contribution in [0.1, 0.15) is 34.0 Å². The average Bonchev–Trinajstić information content (AvgIpc) is 3.13. The van der Waals surface area contributed by atoms with E-state index in [-0.39, 0.29) is 24.9 Å². The molecule has 0 bridgehead atoms. The molecule has 2 heterocycles. The van der Waals surface area contributed by atoms with Crippen molar-refractivity contribution in [3.05, 3.63) is 87.6 Å². The van der Waals surface area contributed by atoms with Gasteiger partial charge in [0.15, 0.2) is 12.6 Å². The number of ether oxygens (including phenoxy) is 5. The van der Waals surface area contributed by atoms with Gasteiger partial charge in [0.05, 0.1) is 18.8 Å². The number of halogens is 1. The van der Waals surface area contributed by atoms with E-state index in [1.807, 2.05) is 43.3 Å². The van der Waals surface area contributed by atoms with E-state index in [0.29, 0.717) is 35.3 Å². The second-order valence-corrected chi connectivity index (χ2v) is 7.99. The average molecular weight is 465 g/mol. The maximum Gasteiger partial charge on any atom is 0.231 e. The maximum absolute atomic E-state index is 12.8. The summed E-state index contributed by atoms with van der Waals surface area (Å²) in [5.41, 5.74) is 3.06. The molecule has 0 N–H and O–H groups in total. The van der Waals surface area contributed by atoms with E-state index in [1.165, 1.54) is 0 Å². The molecule has 3 aromatic carbocycles. The van der Waals surface area contributed by atoms with Crippen LogP contribution in [0.2, 0.25) is 5.02 Å². The molecule has 0 amide bonds. The van der Waals surface area contributed by atoms with Gasteiger partial charge in [0.25, 0.3) is 0 Å². The van der Waals surface area contributed by atoms with Gasteiger partial charge in [0.2, 0.25) is 5.78 Å². The fourth-order valence-electron chi connectivity index (χ4n) is 3.76. The SMILES string of the molecule is CCOc1ccc(/C=C2\Oc3cc(OCc4cc(Cl)cc5c4OCOC5)ccc3C2=O)cc1. The normalized spacial score (nSPS) is 15.5. The number of carbonyl (C=O) groups is 1. The van der Waals surface area contributed by atoms with E-state index in [1.54, 1.807) is 24.3 Å². The van der Waals surface area contributed by atoms with Crippen LogP contribution in [0.25, 0.3) is 6.08 Å². The van der Waals surface area contributed by atoms with Crippen molar-refractivity contribution < 1.29 is 28.5 Å². The lowest BCUT2D eigenvalue weighted by molar-refractivity contribution is -0.0175. The van der Waals surface area contributed by atoms with Gasteiger partial charge in [-0.2, -0.15) is 0 Å². The van der Waals surface area contributed by atoms with Crippen molar-refractivity contribution in [3.8, 4) is 23.0 Å². The first kappa shape index (κ1) is 21.4. The molecule has 0 spiro atoms. The smallest absolute Gasteiger partial charge is 0.231 e. The monoisotopic (exact) mass is 464 g/mol. The number of hydrogen-bond acceptors (Lipinski definition) is 6. The first-order chi connectivity index (χ1) is 16.1. The Bertz CT molecular complexity index is 1230. The van der Waals surface area contributed by atoms with Crippen molar-refractivity contribution in [3.63, 3.8) is 0 Å². The quantitative estimate of drug-likeness (QED) is 0.429. The predicted molar refractivity (Wildman–Crippen MR) is 123 cm³/mol. The zero-order chi connectivity index (χ0) is 22.8. The second kappa shape index (κ2) is 9.17. The minimum Gasteiger partial charge on any atom is -0.494 e. The third-order valence-corrected chi connectivity index (χ3v) is 5.49. The first-order valence-electron chi connectivity index (χ1n) is 10.6. The largest absolute Gasteiger partial charge is 0.494 e. The minimum absolute atomic E-state index is 0.164. The number of hydrogen-bond donors (Lipinski definition) is 0. The van der Waals surface area contributed by atoms with Crippen LogP contribution in [-0.2, 0) is 18.0 Å². The molecule has 0 unspecified atom stereocenters. The van der Waals surface area contributed by atoms with Crippen molar-refractivity contribution in [1.82, 2.24) is 0 Å². The molecule has 0 radical (unpaired) electrons. The summed E-state index contributed by atoms with van der Waals surface area (Å²) in [6.07, 6.45) is 1.72. The number of rotatable bonds is 6. The highest BCUT2D eigenvalue weighted by molar-refractivity contribution is 6.30. The van der Waals surface area contributed by atoms with Gasteiger partial charge in [-0.05, 0) is 55.0 Å². The van der Waals surface area contributed by atoms with Gasteiger partial charge in [-0.1, -0.05) is 23.7 Å². The summed E-state index contributed by atoms with van der Waals surface area (Å²) in [6.45, 7) is 3.43. The van der Waals surface area contributed by atoms with Crippen LogP contribution in [0.15, 0.2) is 60.4 Å². The lowest BCUT2D eigenvalue weighted by Gasteiger charge is -2.21. The van der Waals surface area contributed by atoms with Crippen LogP contribution in [0.5, 0.6) is 23.0 Å². The Hall–Kier alpha value is -3.48. The third kappa shape index (κ3) is 4.53. The molecular weight excluding hydrogens is 444 g/mol. The molecule has 5 rings (SSSR count). The Kier molecular flexibility index (Phi) is 5.94. The molecule has 3 aromatic rings. The molecule has 33 heavy (non-hydrogen) atoms. The summed E-state index contributed by atoms with van der Waals surface area (Å²) in [6, 6.07) is 16.3. The second-order valence-electron chi connectivity index (χ2n) is 7.55. The molecule has 0 saturated heterocycles. The van der Waals surface area contributed by atoms with Crippen LogP contribution in [0.3, 0.4) is 0 Å². The lowest BCUT2D eigenvalue weighted by atomic mass is 10.1. The third-order valence-electron chi connectivity index (χ3n) is 5.28. The van der Waals surface area contributed by atoms with Crippen LogP contribution < -0.4 is 18.9 Å². The number of ketones is 1. The van der Waals surface area contributed by atoms with Crippen LogP contribution >= 0.6 is 11.6 Å². The number of Topliss-reactive ketones (excluding diaryl/α,β-unsaturated/α-hetero) is 1. The molecule has 168 valence electrons. The molecule has 2 aliphatic heterocycles. The highest BCUT2D eigenvalue weighted by Gasteiger charge is 2.28. The summed E-state index contributed by atoms with van der Waals surface area (Å²) in [5.74, 6) is 2.66. The Balaban J connectivity index is 1.31. The van der Waals surface area contributed by atoms with Crippen molar-refractivity contribution in [2.45, 2.75) is 20.1 Å². The van der Waals surface area contributed by atoms with E-state index < -0.39 is 0 Å². The highest BCUT2D eigenvalue weighted by Crippen LogP contribution is 2.36. The standard InChI is InChI=1S/C26H21ClO6/c1-2-30-20-5-3-16(4-6-20)9-24-25(28)22-8-7-21(12-23(22)33-24)31-14-18-11-19(27)10-17-13-29-15-32-26(17)18/h3-12H,2,13-15H2,1H3/b24-9-. The van der Waals surface area contributed by atoms with E-state index in [0.717, 1.165) is 28.2 Å². The fraction of sp³-hybridized carbons (Fsp3) is 0.192. The van der Waals surface area contributed by atoms with Gasteiger partial charge in [0.1, 0.15) is 29.6 Å². The zero-order valence-corrected chi connectivity index (χ0v) is 18.7. The maximum atomic E-state index is 12.8. The van der Waals surface area contributed by atoms with Gasteiger partial charge in [-0.15, -0.1) is 0 Å². The molecular formula is C26H21ClO6. The Morgan fingerprint density at radius 3 is 2.67 bits per heavy atom. The van der Waals surface area contributed by atoms with E-state index in [9.17, 15) is 4.79 Å². The molecule has 0 aromatic heterocycles.